The summed E-state index contributed by atoms with van der Waals surface area (Å²) in [5.41, 5.74) is 1.26. The number of carbonyl (C=O) groups is 1. The van der Waals surface area contributed by atoms with Gasteiger partial charge in [0.1, 0.15) is 5.75 Å². The molecule has 1 aliphatic rings. The molecule has 0 spiro atoms. The molecule has 1 aliphatic heterocycles. The number of nitrogens with zero attached hydrogens (tertiary/aromatic N) is 1. The fourth-order valence-corrected chi connectivity index (χ4v) is 2.76. The van der Waals surface area contributed by atoms with Gasteiger partial charge in [-0.05, 0) is 37.8 Å². The highest BCUT2D eigenvalue weighted by Gasteiger charge is 2.32. The van der Waals surface area contributed by atoms with Crippen LogP contribution in [-0.4, -0.2) is 40.2 Å². The van der Waals surface area contributed by atoms with Crippen molar-refractivity contribution in [3.05, 3.63) is 29.3 Å². The zero-order valence-electron chi connectivity index (χ0n) is 11.5. The number of phenols is 1. The average Bonchev–Trinajstić information content (AvgIpc) is 2.40. The molecule has 0 saturated carbocycles. The molecule has 4 nitrogen and oxygen atoms in total. The molecule has 1 heterocycles. The Balaban J connectivity index is 2.29. The first-order chi connectivity index (χ1) is 9.04. The molecule has 1 saturated heterocycles. The van der Waals surface area contributed by atoms with Gasteiger partial charge >= 0.3 is 0 Å². The number of aliphatic hydroxyl groups is 1. The lowest BCUT2D eigenvalue weighted by atomic mass is 9.90. The van der Waals surface area contributed by atoms with Crippen LogP contribution >= 0.6 is 0 Å². The Morgan fingerprint density at radius 1 is 1.47 bits per heavy atom. The Hall–Kier alpha value is -1.55. The molecule has 1 aromatic carbocycles. The van der Waals surface area contributed by atoms with Crippen LogP contribution in [0.5, 0.6) is 5.75 Å². The molecule has 0 radical (unpaired) electrons. The van der Waals surface area contributed by atoms with E-state index in [2.05, 4.69) is 6.92 Å². The second-order valence-electron chi connectivity index (χ2n) is 5.39. The third-order valence-corrected chi connectivity index (χ3v) is 3.95. The molecule has 0 bridgehead atoms. The van der Waals surface area contributed by atoms with E-state index in [4.69, 9.17) is 0 Å². The number of aryl methyl sites for hydroxylation is 1. The molecule has 1 aromatic rings. The van der Waals surface area contributed by atoms with Crippen molar-refractivity contribution in [3.8, 4) is 5.75 Å². The minimum atomic E-state index is -0.188. The van der Waals surface area contributed by atoms with Crippen molar-refractivity contribution in [2.75, 3.05) is 13.2 Å². The maximum absolute atomic E-state index is 12.5. The summed E-state index contributed by atoms with van der Waals surface area (Å²) in [6.07, 6.45) is 1.96. The number of benzene rings is 1. The molecule has 4 heteroatoms. The van der Waals surface area contributed by atoms with Gasteiger partial charge in [-0.25, -0.2) is 0 Å². The first-order valence-corrected chi connectivity index (χ1v) is 6.76. The van der Waals surface area contributed by atoms with Crippen molar-refractivity contribution in [1.82, 2.24) is 4.90 Å². The average molecular weight is 263 g/mol. The van der Waals surface area contributed by atoms with Gasteiger partial charge in [0.15, 0.2) is 0 Å². The summed E-state index contributed by atoms with van der Waals surface area (Å²) in [5.74, 6) is 0.104. The van der Waals surface area contributed by atoms with Gasteiger partial charge in [0.25, 0.3) is 5.91 Å². The summed E-state index contributed by atoms with van der Waals surface area (Å²) in [6, 6.07) is 4.87. The third-order valence-electron chi connectivity index (χ3n) is 3.95. The molecule has 19 heavy (non-hydrogen) atoms. The molecule has 2 N–H and O–H groups in total. The highest BCUT2D eigenvalue weighted by Crippen LogP contribution is 2.27. The summed E-state index contributed by atoms with van der Waals surface area (Å²) < 4.78 is 0. The fourth-order valence-electron chi connectivity index (χ4n) is 2.76. The van der Waals surface area contributed by atoms with Gasteiger partial charge in [-0.1, -0.05) is 18.6 Å². The first-order valence-electron chi connectivity index (χ1n) is 6.76. The zero-order chi connectivity index (χ0) is 14.0. The normalized spacial score (nSPS) is 23.4. The highest BCUT2D eigenvalue weighted by molar-refractivity contribution is 5.97. The van der Waals surface area contributed by atoms with E-state index < -0.39 is 0 Å². The van der Waals surface area contributed by atoms with Gasteiger partial charge in [-0.3, -0.25) is 4.79 Å². The van der Waals surface area contributed by atoms with Gasteiger partial charge < -0.3 is 15.1 Å². The van der Waals surface area contributed by atoms with Crippen molar-refractivity contribution in [1.29, 1.82) is 0 Å². The van der Waals surface area contributed by atoms with Gasteiger partial charge in [0, 0.05) is 6.54 Å². The van der Waals surface area contributed by atoms with Crippen LogP contribution in [0.4, 0.5) is 0 Å². The lowest BCUT2D eigenvalue weighted by Crippen LogP contribution is -2.49. The van der Waals surface area contributed by atoms with Gasteiger partial charge in [-0.15, -0.1) is 0 Å². The maximum atomic E-state index is 12.5. The number of hydrogen-bond donors (Lipinski definition) is 2. The number of amides is 1. The lowest BCUT2D eigenvalue weighted by Gasteiger charge is -2.39. The van der Waals surface area contributed by atoms with Crippen molar-refractivity contribution in [3.63, 3.8) is 0 Å². The molecule has 1 amide bonds. The number of hydrogen-bond acceptors (Lipinski definition) is 3. The summed E-state index contributed by atoms with van der Waals surface area (Å²) in [5, 5.41) is 19.3. The van der Waals surface area contributed by atoms with E-state index in [0.717, 1.165) is 18.4 Å². The van der Waals surface area contributed by atoms with Crippen LogP contribution in [0, 0.1) is 12.8 Å². The number of piperidine rings is 1. The lowest BCUT2D eigenvalue weighted by molar-refractivity contribution is 0.0356. The first kappa shape index (κ1) is 13.9. The smallest absolute Gasteiger partial charge is 0.257 e. The molecule has 0 aliphatic carbocycles. The van der Waals surface area contributed by atoms with E-state index in [1.54, 1.807) is 23.1 Å². The van der Waals surface area contributed by atoms with Crippen molar-refractivity contribution >= 4 is 5.91 Å². The quantitative estimate of drug-likeness (QED) is 0.857. The number of aromatic hydroxyl groups is 1. The van der Waals surface area contributed by atoms with Crippen LogP contribution in [0.15, 0.2) is 18.2 Å². The van der Waals surface area contributed by atoms with E-state index in [9.17, 15) is 15.0 Å². The number of likely N-dealkylation sites (tertiary alicyclic amines) is 1. The van der Waals surface area contributed by atoms with E-state index in [1.165, 1.54) is 0 Å². The van der Waals surface area contributed by atoms with Crippen LogP contribution in [0.1, 0.15) is 35.7 Å². The molecular formula is C15H21NO3. The summed E-state index contributed by atoms with van der Waals surface area (Å²) in [4.78, 5) is 14.2. The summed E-state index contributed by atoms with van der Waals surface area (Å²) in [6.45, 7) is 4.55. The SMILES string of the molecule is Cc1ccc(O)c(C(=O)N2CCCC(C)C2CO)c1. The van der Waals surface area contributed by atoms with Crippen molar-refractivity contribution in [2.24, 2.45) is 5.92 Å². The van der Waals surface area contributed by atoms with Crippen molar-refractivity contribution < 1.29 is 15.0 Å². The number of carbonyl (C=O) groups excluding carboxylic acids is 1. The molecule has 2 atom stereocenters. The Bertz CT molecular complexity index is 472. The monoisotopic (exact) mass is 263 g/mol. The Kier molecular flexibility index (Phi) is 4.10. The fraction of sp³-hybridized carbons (Fsp3) is 0.533. The van der Waals surface area contributed by atoms with Crippen LogP contribution in [-0.2, 0) is 0 Å². The minimum Gasteiger partial charge on any atom is -0.507 e. The number of rotatable bonds is 2. The maximum Gasteiger partial charge on any atom is 0.257 e. The second-order valence-corrected chi connectivity index (χ2v) is 5.39. The van der Waals surface area contributed by atoms with E-state index in [-0.39, 0.29) is 30.2 Å². The third kappa shape index (κ3) is 2.73. The molecular weight excluding hydrogens is 242 g/mol. The Morgan fingerprint density at radius 3 is 2.89 bits per heavy atom. The minimum absolute atomic E-state index is 0.00511. The van der Waals surface area contributed by atoms with Gasteiger partial charge in [0.2, 0.25) is 0 Å². The Morgan fingerprint density at radius 2 is 2.21 bits per heavy atom. The van der Waals surface area contributed by atoms with Crippen molar-refractivity contribution in [2.45, 2.75) is 32.7 Å². The second kappa shape index (κ2) is 5.61. The van der Waals surface area contributed by atoms with Crippen LogP contribution in [0.3, 0.4) is 0 Å². The van der Waals surface area contributed by atoms with E-state index in [0.29, 0.717) is 12.1 Å². The van der Waals surface area contributed by atoms with E-state index in [1.807, 2.05) is 6.92 Å². The molecule has 2 rings (SSSR count). The summed E-state index contributed by atoms with van der Waals surface area (Å²) >= 11 is 0. The molecule has 1 fully saturated rings. The molecule has 0 aromatic heterocycles. The number of phenolic OH excluding ortho intramolecular Hbond substituents is 1. The largest absolute Gasteiger partial charge is 0.507 e. The predicted molar refractivity (Wildman–Crippen MR) is 73.2 cm³/mol. The van der Waals surface area contributed by atoms with Gasteiger partial charge in [-0.2, -0.15) is 0 Å². The molecule has 104 valence electrons. The predicted octanol–water partition coefficient (Wildman–Crippen LogP) is 1.93. The van der Waals surface area contributed by atoms with Crippen LogP contribution in [0.25, 0.3) is 0 Å². The van der Waals surface area contributed by atoms with Crippen LogP contribution < -0.4 is 0 Å². The zero-order valence-corrected chi connectivity index (χ0v) is 11.5. The summed E-state index contributed by atoms with van der Waals surface area (Å²) in [7, 11) is 0. The number of aliphatic hydroxyl groups excluding tert-OH is 1. The van der Waals surface area contributed by atoms with E-state index >= 15 is 0 Å². The van der Waals surface area contributed by atoms with Gasteiger partial charge in [0.05, 0.1) is 18.2 Å². The van der Waals surface area contributed by atoms with Crippen LogP contribution in [0.2, 0.25) is 0 Å². The Labute approximate surface area is 113 Å². The molecule has 2 unspecified atom stereocenters. The highest BCUT2D eigenvalue weighted by atomic mass is 16.3. The topological polar surface area (TPSA) is 60.8 Å². The standard InChI is InChI=1S/C15H21NO3/c1-10-5-6-14(18)12(8-10)15(19)16-7-3-4-11(2)13(16)9-17/h5-6,8,11,13,17-18H,3-4,7,9H2,1-2H3.